The number of aryl methyl sites for hydroxylation is 6. The van der Waals surface area contributed by atoms with Crippen molar-refractivity contribution in [3.8, 4) is 17.2 Å². The average Bonchev–Trinajstić information content (AvgIpc) is 1.67. The van der Waals surface area contributed by atoms with Crippen molar-refractivity contribution in [1.82, 2.24) is 51.5 Å². The highest BCUT2D eigenvalue weighted by Gasteiger charge is 2.37. The van der Waals surface area contributed by atoms with E-state index in [1.54, 1.807) is 36.4 Å². The van der Waals surface area contributed by atoms with Crippen molar-refractivity contribution in [2.45, 2.75) is 136 Å². The van der Waals surface area contributed by atoms with Crippen molar-refractivity contribution in [2.24, 2.45) is 17.2 Å². The predicted octanol–water partition coefficient (Wildman–Crippen LogP) is 1.52. The molecule has 9 rings (SSSR count). The number of rotatable bonds is 27. The number of phenols is 3. The number of carbonyl (C=O) groups excluding carboxylic acids is 9. The summed E-state index contributed by atoms with van der Waals surface area (Å²) in [6.45, 7) is 10.7. The molecule has 0 aromatic heterocycles. The molecule has 3 heterocycles. The third-order valence-electron chi connectivity index (χ3n) is 19.1. The van der Waals surface area contributed by atoms with Gasteiger partial charge in [0.1, 0.15) is 35.4 Å². The fourth-order valence-electron chi connectivity index (χ4n) is 13.6. The fraction of sp³-hybridized carbons (Fsp3) is 0.400. The summed E-state index contributed by atoms with van der Waals surface area (Å²) in [5.41, 5.74) is 31.2. The topological polar surface area (TPSA) is 378 Å². The van der Waals surface area contributed by atoms with Crippen LogP contribution in [0.2, 0.25) is 0 Å². The molecule has 0 radical (unpaired) electrons. The number of hydrogen-bond donors (Lipinski definition) is 12. The van der Waals surface area contributed by atoms with E-state index >= 15 is 0 Å². The zero-order chi connectivity index (χ0) is 72.1. The average molecular weight is 1370 g/mol. The van der Waals surface area contributed by atoms with Crippen molar-refractivity contribution in [3.05, 3.63) is 193 Å². The van der Waals surface area contributed by atoms with Crippen LogP contribution in [0.3, 0.4) is 0 Å². The molecule has 3 aliphatic heterocycles. The smallest absolute Gasteiger partial charge is 0.246 e. The second kappa shape index (κ2) is 33.6. The zero-order valence-corrected chi connectivity index (χ0v) is 57.6. The number of nitrogens with two attached hydrogens (primary N) is 3. The minimum Gasteiger partial charge on any atom is -0.508 e. The standard InChI is InChI=1S/C75H93N13O12/c1-43-25-55(89)26-44(2)58(43)34-61(76)70(95)82-64-31-49-13-7-10-16-52(49)37-86(73(64)98)40-67(92)79-19-22-85(23-20-80-68(93)41-87-38-53-17-11-8-14-50(53)32-65(74(87)99)83-71(96)62(77)35-59-45(3)27-56(90)28-46(59)4)24-21-81-69(94)42-88-39-54-18-12-9-15-51(54)33-66(75(88)100)84-72(97)63(78)36-60-47(5)29-57(91)30-48(60)6/h7-18,25-30,61-66,89-91H,19-24,31-42,76-78H2,1-6H3,(H,79,92)(H,80,93)(H,81,94)(H,82,95)(H,83,96)(H,84,97)/t61-,62-,63-,64-,65-,66-/m0/s1. The van der Waals surface area contributed by atoms with E-state index in [1.165, 1.54) is 14.7 Å². The van der Waals surface area contributed by atoms with Gasteiger partial charge in [0.25, 0.3) is 0 Å². The van der Waals surface area contributed by atoms with Crippen molar-refractivity contribution in [2.75, 3.05) is 58.9 Å². The van der Waals surface area contributed by atoms with Crippen LogP contribution in [0.4, 0.5) is 0 Å². The highest BCUT2D eigenvalue weighted by atomic mass is 16.3. The summed E-state index contributed by atoms with van der Waals surface area (Å²) in [5.74, 6) is -4.34. The number of nitrogens with zero attached hydrogens (tertiary/aromatic N) is 4. The van der Waals surface area contributed by atoms with Gasteiger partial charge in [-0.25, -0.2) is 0 Å². The van der Waals surface area contributed by atoms with Crippen molar-refractivity contribution >= 4 is 53.2 Å². The van der Waals surface area contributed by atoms with Crippen LogP contribution in [0.5, 0.6) is 17.2 Å². The quantitative estimate of drug-likeness (QED) is 0.0348. The number of phenolic OH excluding ortho intramolecular Hbond substituents is 3. The van der Waals surface area contributed by atoms with Crippen LogP contribution in [0.15, 0.2) is 109 Å². The molecular weight excluding hydrogens is 1270 g/mol. The number of nitrogens with one attached hydrogen (secondary N) is 6. The molecule has 6 aromatic carbocycles. The Morgan fingerprint density at radius 3 is 0.880 bits per heavy atom. The van der Waals surface area contributed by atoms with Crippen LogP contribution in [0.1, 0.15) is 83.5 Å². The lowest BCUT2D eigenvalue weighted by Crippen LogP contribution is -2.54. The van der Waals surface area contributed by atoms with Crippen molar-refractivity contribution in [3.63, 3.8) is 0 Å². The van der Waals surface area contributed by atoms with E-state index in [-0.39, 0.29) is 134 Å². The summed E-state index contributed by atoms with van der Waals surface area (Å²) in [6.07, 6.45) is 0.933. The Balaban J connectivity index is 0.850. The molecule has 0 fully saturated rings. The van der Waals surface area contributed by atoms with E-state index < -0.39 is 89.4 Å². The molecule has 6 aromatic rings. The highest BCUT2D eigenvalue weighted by Crippen LogP contribution is 2.28. The first-order valence-corrected chi connectivity index (χ1v) is 33.8. The third kappa shape index (κ3) is 19.4. The van der Waals surface area contributed by atoms with E-state index in [0.29, 0.717) is 0 Å². The second-order valence-electron chi connectivity index (χ2n) is 26.7. The number of hydrogen-bond acceptors (Lipinski definition) is 16. The number of benzene rings is 6. The Bertz CT molecular complexity index is 3590. The van der Waals surface area contributed by atoms with E-state index in [1.807, 2.05) is 119 Å². The van der Waals surface area contributed by atoms with Crippen molar-refractivity contribution in [1.29, 1.82) is 0 Å². The van der Waals surface area contributed by atoms with Gasteiger partial charge in [-0.3, -0.25) is 48.1 Å². The van der Waals surface area contributed by atoms with E-state index in [4.69, 9.17) is 17.2 Å². The Morgan fingerprint density at radius 2 is 0.640 bits per heavy atom. The number of aromatic hydroxyl groups is 3. The lowest BCUT2D eigenvalue weighted by atomic mass is 9.95. The van der Waals surface area contributed by atoms with E-state index in [2.05, 4.69) is 31.9 Å². The first-order chi connectivity index (χ1) is 47.7. The molecule has 25 nitrogen and oxygen atoms in total. The van der Waals surface area contributed by atoms with Gasteiger partial charge in [-0.15, -0.1) is 0 Å². The lowest BCUT2D eigenvalue weighted by Gasteiger charge is -2.27. The number of carbonyl (C=O) groups is 9. The van der Waals surface area contributed by atoms with E-state index in [0.717, 1.165) is 83.5 Å². The molecule has 25 heteroatoms. The number of fused-ring (bicyclic) bond motifs is 3. The molecule has 0 saturated carbocycles. The van der Waals surface area contributed by atoms with E-state index in [9.17, 15) is 58.5 Å². The SMILES string of the molecule is Cc1cc(O)cc(C)c1C[C@H](N)C(=O)N[C@H]1Cc2ccccc2CN(CC(=O)NCCN(CCNC(=O)CN2Cc3ccccc3C[C@H](NC(=O)[C@@H](N)Cc3c(C)cc(O)cc3C)C2=O)CCNC(=O)CN2Cc3ccccc3C[C@H](NC(=O)[C@@H](N)Cc3c(C)cc(O)cc3C)C2=O)C1=O. The van der Waals surface area contributed by atoms with Crippen LogP contribution in [-0.4, -0.2) is 183 Å². The minimum atomic E-state index is -1.05. The van der Waals surface area contributed by atoms with Gasteiger partial charge in [0.05, 0.1) is 37.8 Å². The summed E-state index contributed by atoms with van der Waals surface area (Å²) in [4.78, 5) is 132. The highest BCUT2D eigenvalue weighted by molar-refractivity contribution is 5.95. The fourth-order valence-corrected chi connectivity index (χ4v) is 13.6. The molecule has 9 amide bonds. The van der Waals surface area contributed by atoms with Gasteiger partial charge in [-0.2, -0.15) is 0 Å². The van der Waals surface area contributed by atoms with Gasteiger partial charge in [-0.1, -0.05) is 72.8 Å². The molecule has 530 valence electrons. The van der Waals surface area contributed by atoms with Crippen LogP contribution < -0.4 is 49.1 Å². The first-order valence-electron chi connectivity index (χ1n) is 33.8. The normalized spacial score (nSPS) is 16.9. The molecule has 15 N–H and O–H groups in total. The summed E-state index contributed by atoms with van der Waals surface area (Å²) >= 11 is 0. The molecule has 0 spiro atoms. The molecule has 0 aliphatic carbocycles. The van der Waals surface area contributed by atoms with Crippen LogP contribution in [0.25, 0.3) is 0 Å². The summed E-state index contributed by atoms with van der Waals surface area (Å²) in [5, 5.41) is 47.6. The summed E-state index contributed by atoms with van der Waals surface area (Å²) < 4.78 is 0. The van der Waals surface area contributed by atoms with Gasteiger partial charge in [0.2, 0.25) is 53.2 Å². The minimum absolute atomic E-state index is 0.0453. The third-order valence-corrected chi connectivity index (χ3v) is 19.1. The van der Waals surface area contributed by atoms with Gasteiger partial charge >= 0.3 is 0 Å². The maximum atomic E-state index is 14.4. The maximum absolute atomic E-state index is 14.4. The Morgan fingerprint density at radius 1 is 0.410 bits per heavy atom. The van der Waals surface area contributed by atoms with Gasteiger partial charge < -0.3 is 79.1 Å². The number of amides is 9. The first kappa shape index (κ1) is 74.0. The molecular formula is C75H93N13O12. The van der Waals surface area contributed by atoms with Gasteiger partial charge in [0, 0.05) is 78.2 Å². The Kier molecular flexibility index (Phi) is 24.8. The summed E-state index contributed by atoms with van der Waals surface area (Å²) in [6, 6.07) is 25.5. The maximum Gasteiger partial charge on any atom is 0.246 e. The van der Waals surface area contributed by atoms with Crippen LogP contribution in [-0.2, 0) is 101 Å². The second-order valence-corrected chi connectivity index (χ2v) is 26.7. The van der Waals surface area contributed by atoms with Gasteiger partial charge in [0.15, 0.2) is 0 Å². The summed E-state index contributed by atoms with van der Waals surface area (Å²) in [7, 11) is 0. The lowest BCUT2D eigenvalue weighted by molar-refractivity contribution is -0.140. The predicted molar refractivity (Wildman–Crippen MR) is 376 cm³/mol. The monoisotopic (exact) mass is 1370 g/mol. The van der Waals surface area contributed by atoms with Crippen LogP contribution >= 0.6 is 0 Å². The zero-order valence-electron chi connectivity index (χ0n) is 57.6. The van der Waals surface area contributed by atoms with Crippen molar-refractivity contribution < 1.29 is 58.5 Å². The Labute approximate surface area is 582 Å². The Hall–Kier alpha value is -10.2. The largest absolute Gasteiger partial charge is 0.508 e. The molecule has 3 aliphatic rings. The molecule has 100 heavy (non-hydrogen) atoms. The van der Waals surface area contributed by atoms with Gasteiger partial charge in [-0.05, 0) is 181 Å². The molecule has 6 atom stereocenters. The van der Waals surface area contributed by atoms with Crippen LogP contribution in [0, 0.1) is 41.5 Å². The molecule has 0 saturated heterocycles. The molecule has 0 bridgehead atoms. The molecule has 0 unspecified atom stereocenters.